The van der Waals surface area contributed by atoms with E-state index < -0.39 is 0 Å². The standard InChI is InChI=1S/C47H57N5O8S/c1-32(53)52-38(31-37(49-52)35-29-43(56-4)46(58-6)44(30-35)57-5)33-15-17-39(54-2)42(27-33)60-26-12-10-20-51-23-21-50(22-24-51)19-9-11-25-59-40-18-16-34(28-41(40)55-3)47-48-36-13-7-8-14-45(36)61-47/h7-8,13-18,27-30,38H,9-12,19-26,31H2,1-6H3. The number of thiazole rings is 1. The topological polar surface area (TPSA) is 117 Å². The highest BCUT2D eigenvalue weighted by Gasteiger charge is 2.33. The number of hydrazone groups is 1. The first-order chi connectivity index (χ1) is 29.8. The summed E-state index contributed by atoms with van der Waals surface area (Å²) in [4.78, 5) is 22.7. The molecule has 0 saturated carbocycles. The second-order valence-corrected chi connectivity index (χ2v) is 16.1. The number of unbranched alkanes of at least 4 members (excludes halogenated alkanes) is 2. The minimum atomic E-state index is -0.309. The van der Waals surface area contributed by atoms with Crippen LogP contribution in [0.5, 0.6) is 40.2 Å². The van der Waals surface area contributed by atoms with Gasteiger partial charge in [-0.2, -0.15) is 5.10 Å². The van der Waals surface area contributed by atoms with Gasteiger partial charge in [0.05, 0.1) is 70.7 Å². The smallest absolute Gasteiger partial charge is 0.240 e. The van der Waals surface area contributed by atoms with Gasteiger partial charge in [0, 0.05) is 50.7 Å². The average Bonchev–Trinajstić information content (AvgIpc) is 3.95. The molecule has 2 aliphatic rings. The van der Waals surface area contributed by atoms with E-state index >= 15 is 0 Å². The van der Waals surface area contributed by atoms with E-state index in [9.17, 15) is 4.79 Å². The predicted molar refractivity (Wildman–Crippen MR) is 239 cm³/mol. The number of fused-ring (bicyclic) bond motifs is 1. The molecule has 0 spiro atoms. The second kappa shape index (κ2) is 20.8. The Morgan fingerprint density at radius 3 is 1.87 bits per heavy atom. The summed E-state index contributed by atoms with van der Waals surface area (Å²) in [5, 5.41) is 7.25. The van der Waals surface area contributed by atoms with E-state index in [1.807, 2.05) is 60.7 Å². The second-order valence-electron chi connectivity index (χ2n) is 15.1. The van der Waals surface area contributed by atoms with Gasteiger partial charge in [-0.05, 0) is 98.9 Å². The summed E-state index contributed by atoms with van der Waals surface area (Å²) in [6.07, 6.45) is 4.53. The Balaban J connectivity index is 0.817. The minimum absolute atomic E-state index is 0.155. The highest BCUT2D eigenvalue weighted by atomic mass is 32.1. The number of carbonyl (C=O) groups excluding carboxylic acids is 1. The third-order valence-electron chi connectivity index (χ3n) is 11.2. The van der Waals surface area contributed by atoms with Crippen LogP contribution >= 0.6 is 11.3 Å². The number of amides is 1. The summed E-state index contributed by atoms with van der Waals surface area (Å²) >= 11 is 1.68. The third kappa shape index (κ3) is 10.5. The fourth-order valence-electron chi connectivity index (χ4n) is 7.89. The van der Waals surface area contributed by atoms with Crippen LogP contribution in [0, 0.1) is 0 Å². The molecule has 1 saturated heterocycles. The molecule has 2 aliphatic heterocycles. The lowest BCUT2D eigenvalue weighted by atomic mass is 9.97. The molecule has 61 heavy (non-hydrogen) atoms. The summed E-state index contributed by atoms with van der Waals surface area (Å²) in [5.74, 6) is 4.20. The molecule has 0 N–H and O–H groups in total. The van der Waals surface area contributed by atoms with Crippen molar-refractivity contribution < 1.29 is 38.0 Å². The molecule has 4 aromatic carbocycles. The summed E-state index contributed by atoms with van der Waals surface area (Å²) in [5.41, 5.74) is 4.49. The van der Waals surface area contributed by atoms with E-state index in [0.717, 1.165) is 109 Å². The van der Waals surface area contributed by atoms with Crippen LogP contribution < -0.4 is 33.2 Å². The molecule has 0 bridgehead atoms. The summed E-state index contributed by atoms with van der Waals surface area (Å²) in [6.45, 7) is 9.14. The van der Waals surface area contributed by atoms with Crippen molar-refractivity contribution in [2.75, 3.05) is 88.0 Å². The van der Waals surface area contributed by atoms with E-state index in [1.165, 1.54) is 16.6 Å². The van der Waals surface area contributed by atoms with Gasteiger partial charge in [-0.25, -0.2) is 9.99 Å². The molecule has 0 aliphatic carbocycles. The number of methoxy groups -OCH3 is 5. The summed E-state index contributed by atoms with van der Waals surface area (Å²) in [7, 11) is 8.05. The first kappa shape index (κ1) is 43.5. The molecule has 1 atom stereocenters. The number of ether oxygens (including phenoxy) is 7. The van der Waals surface area contributed by atoms with Crippen LogP contribution in [0.1, 0.15) is 56.2 Å². The fraction of sp³-hybridized carbons (Fsp3) is 0.426. The number of hydrogen-bond acceptors (Lipinski definition) is 13. The lowest BCUT2D eigenvalue weighted by Gasteiger charge is -2.34. The number of para-hydroxylation sites is 1. The summed E-state index contributed by atoms with van der Waals surface area (Å²) < 4.78 is 41.6. The van der Waals surface area contributed by atoms with Gasteiger partial charge in [-0.3, -0.25) is 4.79 Å². The van der Waals surface area contributed by atoms with Gasteiger partial charge in [0.15, 0.2) is 34.5 Å². The number of rotatable bonds is 20. The minimum Gasteiger partial charge on any atom is -0.493 e. The number of aromatic nitrogens is 1. The third-order valence-corrected chi connectivity index (χ3v) is 12.3. The first-order valence-corrected chi connectivity index (χ1v) is 21.7. The van der Waals surface area contributed by atoms with E-state index in [2.05, 4.69) is 21.9 Å². The van der Waals surface area contributed by atoms with Gasteiger partial charge < -0.3 is 43.0 Å². The van der Waals surface area contributed by atoms with Crippen LogP contribution in [-0.2, 0) is 4.79 Å². The van der Waals surface area contributed by atoms with Crippen molar-refractivity contribution in [3.63, 3.8) is 0 Å². The zero-order valence-corrected chi connectivity index (χ0v) is 36.9. The van der Waals surface area contributed by atoms with Crippen LogP contribution in [0.2, 0.25) is 0 Å². The van der Waals surface area contributed by atoms with Crippen molar-refractivity contribution in [1.82, 2.24) is 19.8 Å². The molecule has 3 heterocycles. The number of benzene rings is 4. The van der Waals surface area contributed by atoms with Gasteiger partial charge in [0.2, 0.25) is 11.7 Å². The fourth-order valence-corrected chi connectivity index (χ4v) is 8.85. The monoisotopic (exact) mass is 851 g/mol. The molecule has 7 rings (SSSR count). The molecule has 1 unspecified atom stereocenters. The number of piperazine rings is 1. The van der Waals surface area contributed by atoms with Gasteiger partial charge in [-0.15, -0.1) is 11.3 Å². The van der Waals surface area contributed by atoms with Crippen molar-refractivity contribution in [2.24, 2.45) is 5.10 Å². The van der Waals surface area contributed by atoms with E-state index in [-0.39, 0.29) is 11.9 Å². The Labute approximate surface area is 362 Å². The molecule has 324 valence electrons. The van der Waals surface area contributed by atoms with Gasteiger partial charge in [0.25, 0.3) is 0 Å². The Morgan fingerprint density at radius 2 is 1.26 bits per heavy atom. The number of nitrogens with zero attached hydrogens (tertiary/aromatic N) is 5. The Bertz CT molecular complexity index is 2230. The van der Waals surface area contributed by atoms with Crippen LogP contribution in [0.3, 0.4) is 0 Å². The largest absolute Gasteiger partial charge is 0.493 e. The maximum absolute atomic E-state index is 12.8. The van der Waals surface area contributed by atoms with Gasteiger partial charge >= 0.3 is 0 Å². The van der Waals surface area contributed by atoms with Crippen molar-refractivity contribution in [3.8, 4) is 50.8 Å². The molecule has 5 aromatic rings. The van der Waals surface area contributed by atoms with E-state index in [1.54, 1.807) is 46.9 Å². The van der Waals surface area contributed by atoms with Gasteiger partial charge in [0.1, 0.15) is 5.01 Å². The Hall–Kier alpha value is -5.57. The Kier molecular flexibility index (Phi) is 14.8. The van der Waals surface area contributed by atoms with Crippen LogP contribution in [0.25, 0.3) is 20.8 Å². The van der Waals surface area contributed by atoms with Crippen molar-refractivity contribution in [1.29, 1.82) is 0 Å². The maximum atomic E-state index is 12.8. The molecule has 14 heteroatoms. The highest BCUT2D eigenvalue weighted by Crippen LogP contribution is 2.42. The number of carbonyl (C=O) groups is 1. The molecule has 13 nitrogen and oxygen atoms in total. The average molecular weight is 852 g/mol. The van der Waals surface area contributed by atoms with Gasteiger partial charge in [-0.1, -0.05) is 18.2 Å². The predicted octanol–water partition coefficient (Wildman–Crippen LogP) is 8.34. The zero-order valence-electron chi connectivity index (χ0n) is 36.1. The first-order valence-electron chi connectivity index (χ1n) is 20.9. The van der Waals surface area contributed by atoms with E-state index in [0.29, 0.717) is 48.4 Å². The highest BCUT2D eigenvalue weighted by molar-refractivity contribution is 7.21. The Morgan fingerprint density at radius 1 is 0.656 bits per heavy atom. The van der Waals surface area contributed by atoms with Crippen LogP contribution in [-0.4, -0.2) is 119 Å². The van der Waals surface area contributed by atoms with Crippen molar-refractivity contribution in [3.05, 3.63) is 83.9 Å². The molecular weight excluding hydrogens is 795 g/mol. The van der Waals surface area contributed by atoms with E-state index in [4.69, 9.17) is 43.2 Å². The van der Waals surface area contributed by atoms with Crippen LogP contribution in [0.15, 0.2) is 77.9 Å². The lowest BCUT2D eigenvalue weighted by Crippen LogP contribution is -2.46. The van der Waals surface area contributed by atoms with Crippen molar-refractivity contribution in [2.45, 2.75) is 45.1 Å². The zero-order chi connectivity index (χ0) is 42.7. The van der Waals surface area contributed by atoms with Crippen molar-refractivity contribution >= 4 is 33.2 Å². The normalized spacial score (nSPS) is 15.7. The SMILES string of the molecule is COc1cc(-c2nc3ccccc3s2)ccc1OCCCCN1CCN(CCCCOc2cc(C3CC(c4cc(OC)c(OC)c(OC)c4)=NN3C(C)=O)ccc2OC)CC1. The number of hydrogen-bond donors (Lipinski definition) is 0. The van der Waals surface area contributed by atoms with Crippen LogP contribution in [0.4, 0.5) is 0 Å². The quantitative estimate of drug-likeness (QED) is 0.0704. The molecule has 1 aromatic heterocycles. The molecule has 1 fully saturated rings. The molecular formula is C47H57N5O8S. The molecule has 0 radical (unpaired) electrons. The summed E-state index contributed by atoms with van der Waals surface area (Å²) in [6, 6.07) is 23.5. The lowest BCUT2D eigenvalue weighted by molar-refractivity contribution is -0.130. The molecule has 1 amide bonds. The maximum Gasteiger partial charge on any atom is 0.240 e.